The first-order valence-electron chi connectivity index (χ1n) is 8.83. The van der Waals surface area contributed by atoms with E-state index in [0.29, 0.717) is 23.9 Å². The summed E-state index contributed by atoms with van der Waals surface area (Å²) in [6, 6.07) is 5.33. The molecule has 1 aromatic carbocycles. The van der Waals surface area contributed by atoms with Crippen LogP contribution in [0.15, 0.2) is 33.3 Å². The van der Waals surface area contributed by atoms with Gasteiger partial charge in [0, 0.05) is 6.08 Å². The van der Waals surface area contributed by atoms with E-state index in [1.54, 1.807) is 38.3 Å². The van der Waals surface area contributed by atoms with Gasteiger partial charge in [-0.1, -0.05) is 16.4 Å². The highest BCUT2D eigenvalue weighted by Crippen LogP contribution is 2.30. The predicted molar refractivity (Wildman–Crippen MR) is 101 cm³/mol. The van der Waals surface area contributed by atoms with Crippen molar-refractivity contribution in [2.45, 2.75) is 34.0 Å². The second kappa shape index (κ2) is 9.05. The molecule has 2 aromatic heterocycles. The summed E-state index contributed by atoms with van der Waals surface area (Å²) < 4.78 is 26.3. The molecule has 0 aliphatic heterocycles. The fourth-order valence-electron chi connectivity index (χ4n) is 2.51. The van der Waals surface area contributed by atoms with Gasteiger partial charge in [-0.25, -0.2) is 4.79 Å². The summed E-state index contributed by atoms with van der Waals surface area (Å²) in [5.74, 6) is 2.02. The average Bonchev–Trinajstić information content (AvgIpc) is 3.28. The summed E-state index contributed by atoms with van der Waals surface area (Å²) in [4.78, 5) is 15.8. The fraction of sp³-hybridized carbons (Fsp3) is 0.300. The first kappa shape index (κ1) is 20.1. The quantitative estimate of drug-likeness (QED) is 0.416. The largest absolute Gasteiger partial charge is 0.493 e. The second-order valence-corrected chi connectivity index (χ2v) is 6.18. The minimum absolute atomic E-state index is 0.0815. The Bertz CT molecular complexity index is 1000. The minimum Gasteiger partial charge on any atom is -0.493 e. The standard InChI is InChI=1S/C20H21N3O6/c1-12-16(13(2)28-22-12)10-26-17-7-5-15(9-18(17)25-4)6-8-20(24)27-11-19-21-14(3)23-29-19/h5-9H,10-11H2,1-4H3/b8-6+. The van der Waals surface area contributed by atoms with E-state index in [9.17, 15) is 4.79 Å². The molecule has 0 fully saturated rings. The Hall–Kier alpha value is -3.62. The Morgan fingerprint density at radius 1 is 1.10 bits per heavy atom. The molecular weight excluding hydrogens is 378 g/mol. The van der Waals surface area contributed by atoms with Crippen molar-refractivity contribution < 1.29 is 28.1 Å². The SMILES string of the molecule is COc1cc(/C=C/C(=O)OCc2nc(C)no2)ccc1OCc1c(C)noc1C. The van der Waals surface area contributed by atoms with E-state index in [1.165, 1.54) is 6.08 Å². The van der Waals surface area contributed by atoms with Crippen molar-refractivity contribution in [1.82, 2.24) is 15.3 Å². The average molecular weight is 399 g/mol. The summed E-state index contributed by atoms with van der Waals surface area (Å²) in [7, 11) is 1.55. The molecule has 3 rings (SSSR count). The molecule has 0 amide bonds. The van der Waals surface area contributed by atoms with Crippen LogP contribution in [-0.4, -0.2) is 28.4 Å². The van der Waals surface area contributed by atoms with Gasteiger partial charge in [-0.15, -0.1) is 0 Å². The number of hydrogen-bond donors (Lipinski definition) is 0. The number of carbonyl (C=O) groups excluding carboxylic acids is 1. The van der Waals surface area contributed by atoms with Gasteiger partial charge in [0.2, 0.25) is 0 Å². The predicted octanol–water partition coefficient (Wildman–Crippen LogP) is 3.33. The van der Waals surface area contributed by atoms with Gasteiger partial charge >= 0.3 is 5.97 Å². The number of nitrogens with zero attached hydrogens (tertiary/aromatic N) is 3. The summed E-state index contributed by atoms with van der Waals surface area (Å²) in [5, 5.41) is 7.54. The van der Waals surface area contributed by atoms with E-state index < -0.39 is 5.97 Å². The van der Waals surface area contributed by atoms with Crippen LogP contribution < -0.4 is 9.47 Å². The highest BCUT2D eigenvalue weighted by atomic mass is 16.6. The number of carbonyl (C=O) groups is 1. The molecular formula is C20H21N3O6. The molecule has 0 saturated carbocycles. The molecule has 9 heteroatoms. The number of hydrogen-bond acceptors (Lipinski definition) is 9. The maximum atomic E-state index is 11.8. The monoisotopic (exact) mass is 399 g/mol. The lowest BCUT2D eigenvalue weighted by molar-refractivity contribution is -0.139. The van der Waals surface area contributed by atoms with Gasteiger partial charge in [0.05, 0.1) is 18.4 Å². The van der Waals surface area contributed by atoms with Crippen LogP contribution in [-0.2, 0) is 22.7 Å². The van der Waals surface area contributed by atoms with Gasteiger partial charge in [-0.3, -0.25) is 0 Å². The molecule has 2 heterocycles. The molecule has 0 bridgehead atoms. The lowest BCUT2D eigenvalue weighted by Crippen LogP contribution is -2.01. The normalized spacial score (nSPS) is 11.0. The molecule has 0 unspecified atom stereocenters. The molecule has 0 aliphatic rings. The van der Waals surface area contributed by atoms with Crippen molar-refractivity contribution in [1.29, 1.82) is 0 Å². The zero-order valence-electron chi connectivity index (χ0n) is 16.6. The molecule has 0 saturated heterocycles. The Balaban J connectivity index is 1.60. The molecule has 29 heavy (non-hydrogen) atoms. The van der Waals surface area contributed by atoms with Crippen molar-refractivity contribution >= 4 is 12.0 Å². The van der Waals surface area contributed by atoms with E-state index in [-0.39, 0.29) is 12.5 Å². The number of esters is 1. The molecule has 0 aliphatic carbocycles. The number of methoxy groups -OCH3 is 1. The molecule has 0 spiro atoms. The van der Waals surface area contributed by atoms with Gasteiger partial charge in [-0.2, -0.15) is 4.98 Å². The maximum Gasteiger partial charge on any atom is 0.331 e. The summed E-state index contributed by atoms with van der Waals surface area (Å²) >= 11 is 0. The third kappa shape index (κ3) is 5.22. The van der Waals surface area contributed by atoms with Crippen LogP contribution in [0.2, 0.25) is 0 Å². The summed E-state index contributed by atoms with van der Waals surface area (Å²) in [6.45, 7) is 5.61. The Morgan fingerprint density at radius 2 is 1.93 bits per heavy atom. The smallest absolute Gasteiger partial charge is 0.331 e. The highest BCUT2D eigenvalue weighted by molar-refractivity contribution is 5.87. The van der Waals surface area contributed by atoms with Gasteiger partial charge in [0.15, 0.2) is 23.9 Å². The number of benzene rings is 1. The van der Waals surface area contributed by atoms with E-state index in [2.05, 4.69) is 15.3 Å². The van der Waals surface area contributed by atoms with E-state index in [4.69, 9.17) is 23.3 Å². The van der Waals surface area contributed by atoms with Crippen molar-refractivity contribution in [3.8, 4) is 11.5 Å². The molecule has 0 radical (unpaired) electrons. The first-order valence-corrected chi connectivity index (χ1v) is 8.83. The van der Waals surface area contributed by atoms with Crippen molar-refractivity contribution in [3.05, 3.63) is 58.6 Å². The van der Waals surface area contributed by atoms with Crippen LogP contribution in [0.1, 0.15) is 34.3 Å². The third-order valence-corrected chi connectivity index (χ3v) is 4.06. The topological polar surface area (TPSA) is 110 Å². The molecule has 3 aromatic rings. The molecule has 9 nitrogen and oxygen atoms in total. The molecule has 0 atom stereocenters. The maximum absolute atomic E-state index is 11.8. The number of aryl methyl sites for hydroxylation is 3. The zero-order valence-corrected chi connectivity index (χ0v) is 16.6. The van der Waals surface area contributed by atoms with Crippen LogP contribution in [0.4, 0.5) is 0 Å². The van der Waals surface area contributed by atoms with Gasteiger partial charge in [0.25, 0.3) is 5.89 Å². The van der Waals surface area contributed by atoms with Crippen LogP contribution in [0.5, 0.6) is 11.5 Å². The van der Waals surface area contributed by atoms with Gasteiger partial charge in [0.1, 0.15) is 12.4 Å². The van der Waals surface area contributed by atoms with Crippen molar-refractivity contribution in [2.24, 2.45) is 0 Å². The number of aromatic nitrogens is 3. The fourth-order valence-corrected chi connectivity index (χ4v) is 2.51. The zero-order chi connectivity index (χ0) is 20.8. The Labute approximate surface area is 167 Å². The van der Waals surface area contributed by atoms with Crippen LogP contribution in [0.25, 0.3) is 6.08 Å². The van der Waals surface area contributed by atoms with Gasteiger partial charge < -0.3 is 23.3 Å². The van der Waals surface area contributed by atoms with E-state index in [0.717, 1.165) is 22.6 Å². The number of rotatable bonds is 8. The first-order chi connectivity index (χ1) is 14.0. The van der Waals surface area contributed by atoms with E-state index in [1.807, 2.05) is 13.8 Å². The van der Waals surface area contributed by atoms with Crippen molar-refractivity contribution in [3.63, 3.8) is 0 Å². The second-order valence-electron chi connectivity index (χ2n) is 6.18. The van der Waals surface area contributed by atoms with Crippen LogP contribution in [0.3, 0.4) is 0 Å². The Morgan fingerprint density at radius 3 is 2.59 bits per heavy atom. The lowest BCUT2D eigenvalue weighted by atomic mass is 10.2. The Kier molecular flexibility index (Phi) is 6.28. The molecule has 152 valence electrons. The van der Waals surface area contributed by atoms with Crippen LogP contribution >= 0.6 is 0 Å². The molecule has 0 N–H and O–H groups in total. The van der Waals surface area contributed by atoms with Crippen LogP contribution in [0, 0.1) is 20.8 Å². The number of ether oxygens (including phenoxy) is 3. The lowest BCUT2D eigenvalue weighted by Gasteiger charge is -2.11. The highest BCUT2D eigenvalue weighted by Gasteiger charge is 2.12. The van der Waals surface area contributed by atoms with E-state index >= 15 is 0 Å². The summed E-state index contributed by atoms with van der Waals surface area (Å²) in [5.41, 5.74) is 2.43. The minimum atomic E-state index is -0.529. The van der Waals surface area contributed by atoms with Gasteiger partial charge in [-0.05, 0) is 44.5 Å². The van der Waals surface area contributed by atoms with Crippen molar-refractivity contribution in [2.75, 3.05) is 7.11 Å². The summed E-state index contributed by atoms with van der Waals surface area (Å²) in [6.07, 6.45) is 2.92. The third-order valence-electron chi connectivity index (χ3n) is 4.06.